The summed E-state index contributed by atoms with van der Waals surface area (Å²) >= 11 is 0. The van der Waals surface area contributed by atoms with Gasteiger partial charge in [-0.1, -0.05) is 25.1 Å². The van der Waals surface area contributed by atoms with Crippen LogP contribution in [-0.4, -0.2) is 5.51 Å². The number of nitriles is 1. The SMILES string of the molecule is CCC1=Cc2ccccc2S1(C#N)C(F)(F)F. The molecule has 0 bridgehead atoms. The highest BCUT2D eigenvalue weighted by molar-refractivity contribution is 8.41. The van der Waals surface area contributed by atoms with Crippen LogP contribution in [0.4, 0.5) is 13.2 Å². The van der Waals surface area contributed by atoms with Gasteiger partial charge in [-0.25, -0.2) is 0 Å². The van der Waals surface area contributed by atoms with Crippen molar-refractivity contribution in [3.05, 3.63) is 34.7 Å². The minimum Gasteiger partial charge on any atom is -0.186 e. The fourth-order valence-electron chi connectivity index (χ4n) is 2.03. The van der Waals surface area contributed by atoms with Crippen molar-refractivity contribution in [3.63, 3.8) is 0 Å². The lowest BCUT2D eigenvalue weighted by molar-refractivity contribution is -0.0366. The highest BCUT2D eigenvalue weighted by Gasteiger charge is 2.56. The molecule has 0 spiro atoms. The Morgan fingerprint density at radius 1 is 1.29 bits per heavy atom. The molecule has 0 saturated heterocycles. The van der Waals surface area contributed by atoms with Crippen molar-refractivity contribution in [2.45, 2.75) is 23.7 Å². The molecule has 0 saturated carbocycles. The summed E-state index contributed by atoms with van der Waals surface area (Å²) in [4.78, 5) is 0.334. The first kappa shape index (κ1) is 12.1. The fourth-order valence-corrected chi connectivity index (χ4v) is 4.68. The zero-order chi connectivity index (χ0) is 12.7. The molecule has 0 fully saturated rings. The van der Waals surface area contributed by atoms with E-state index in [2.05, 4.69) is 0 Å². The maximum Gasteiger partial charge on any atom is 0.445 e. The van der Waals surface area contributed by atoms with Crippen LogP contribution < -0.4 is 0 Å². The van der Waals surface area contributed by atoms with Gasteiger partial charge in [0, 0.05) is 4.90 Å². The third-order valence-electron chi connectivity index (χ3n) is 2.79. The summed E-state index contributed by atoms with van der Waals surface area (Å²) in [5.41, 5.74) is -3.98. The van der Waals surface area contributed by atoms with E-state index >= 15 is 0 Å². The number of fused-ring (bicyclic) bond motifs is 1. The number of benzene rings is 1. The van der Waals surface area contributed by atoms with Gasteiger partial charge in [-0.3, -0.25) is 0 Å². The quantitative estimate of drug-likeness (QED) is 0.674. The normalized spacial score (nSPS) is 26.6. The van der Waals surface area contributed by atoms with E-state index in [0.717, 1.165) is 0 Å². The van der Waals surface area contributed by atoms with Crippen molar-refractivity contribution >= 4 is 16.1 Å². The van der Waals surface area contributed by atoms with Crippen molar-refractivity contribution < 1.29 is 13.2 Å². The number of thiocyanates is 1. The van der Waals surface area contributed by atoms with E-state index in [-0.39, 0.29) is 16.2 Å². The van der Waals surface area contributed by atoms with Gasteiger partial charge in [0.1, 0.15) is 5.40 Å². The van der Waals surface area contributed by atoms with Crippen LogP contribution in [0.15, 0.2) is 34.1 Å². The molecule has 1 nitrogen and oxygen atoms in total. The molecule has 90 valence electrons. The third-order valence-corrected chi connectivity index (χ3v) is 5.98. The van der Waals surface area contributed by atoms with Crippen LogP contribution in [0.3, 0.4) is 0 Å². The minimum absolute atomic E-state index is 0.131. The van der Waals surface area contributed by atoms with Gasteiger partial charge in [0.25, 0.3) is 0 Å². The minimum atomic E-state index is -4.50. The maximum atomic E-state index is 13.3. The molecule has 1 atom stereocenters. The summed E-state index contributed by atoms with van der Waals surface area (Å²) in [7, 11) is -3.50. The molecule has 0 radical (unpaired) electrons. The number of nitrogens with zero attached hydrogens (tertiary/aromatic N) is 1. The molecule has 1 aliphatic rings. The Morgan fingerprint density at radius 2 is 1.94 bits per heavy atom. The van der Waals surface area contributed by atoms with Crippen LogP contribution in [0.5, 0.6) is 0 Å². The predicted molar refractivity (Wildman–Crippen MR) is 62.2 cm³/mol. The number of rotatable bonds is 1. The second-order valence-electron chi connectivity index (χ2n) is 3.65. The van der Waals surface area contributed by atoms with Crippen molar-refractivity contribution in [2.24, 2.45) is 0 Å². The van der Waals surface area contributed by atoms with E-state index in [9.17, 15) is 13.2 Å². The summed E-state index contributed by atoms with van der Waals surface area (Å²) in [6, 6.07) is 6.28. The highest BCUT2D eigenvalue weighted by atomic mass is 32.3. The average Bonchev–Trinajstić information content (AvgIpc) is 2.62. The number of halogens is 3. The van der Waals surface area contributed by atoms with Crippen molar-refractivity contribution in [1.29, 1.82) is 5.26 Å². The number of alkyl halides is 3. The molecule has 0 aliphatic carbocycles. The van der Waals surface area contributed by atoms with E-state index in [1.54, 1.807) is 30.5 Å². The Kier molecular flexibility index (Phi) is 2.70. The summed E-state index contributed by atoms with van der Waals surface area (Å²) < 4.78 is 39.9. The molecular weight excluding hydrogens is 247 g/mol. The Labute approximate surface area is 98.9 Å². The second-order valence-corrected chi connectivity index (χ2v) is 6.49. The first-order valence-electron chi connectivity index (χ1n) is 5.07. The standard InChI is InChI=1S/C12H10F3NS/c1-2-10-7-9-5-3-4-6-11(9)17(10,8-16)12(13,14)15/h3-7H,2H2,1H3. The molecule has 1 aromatic carbocycles. The fraction of sp³-hybridized carbons (Fsp3) is 0.250. The number of allylic oxidation sites excluding steroid dienone is 1. The maximum absolute atomic E-state index is 13.3. The highest BCUT2D eigenvalue weighted by Crippen LogP contribution is 2.76. The molecule has 0 aromatic heterocycles. The van der Waals surface area contributed by atoms with Crippen LogP contribution in [-0.2, 0) is 0 Å². The lowest BCUT2D eigenvalue weighted by atomic mass is 10.2. The van der Waals surface area contributed by atoms with Crippen molar-refractivity contribution in [1.82, 2.24) is 0 Å². The van der Waals surface area contributed by atoms with Crippen LogP contribution in [0, 0.1) is 10.7 Å². The second kappa shape index (κ2) is 3.81. The molecule has 1 aromatic rings. The Bertz CT molecular complexity index is 527. The van der Waals surface area contributed by atoms with Gasteiger partial charge in [-0.2, -0.15) is 18.4 Å². The smallest absolute Gasteiger partial charge is 0.186 e. The van der Waals surface area contributed by atoms with Crippen LogP contribution in [0.25, 0.3) is 6.08 Å². The largest absolute Gasteiger partial charge is 0.445 e. The topological polar surface area (TPSA) is 23.8 Å². The van der Waals surface area contributed by atoms with Gasteiger partial charge in [-0.15, -0.1) is 0 Å². The number of hydrogen-bond acceptors (Lipinski definition) is 1. The van der Waals surface area contributed by atoms with Gasteiger partial charge in [0.15, 0.2) is 0 Å². The average molecular weight is 257 g/mol. The summed E-state index contributed by atoms with van der Waals surface area (Å²) in [5.74, 6) is 0. The predicted octanol–water partition coefficient (Wildman–Crippen LogP) is 4.62. The zero-order valence-electron chi connectivity index (χ0n) is 9.08. The van der Waals surface area contributed by atoms with Gasteiger partial charge in [0.05, 0.1) is 0 Å². The number of hydrogen-bond donors (Lipinski definition) is 0. The zero-order valence-corrected chi connectivity index (χ0v) is 9.90. The third kappa shape index (κ3) is 1.48. The van der Waals surface area contributed by atoms with Crippen LogP contribution >= 0.6 is 10.0 Å². The molecule has 0 amide bonds. The molecule has 1 unspecified atom stereocenters. The molecule has 5 heteroatoms. The van der Waals surface area contributed by atoms with Crippen LogP contribution in [0.1, 0.15) is 18.9 Å². The van der Waals surface area contributed by atoms with E-state index in [4.69, 9.17) is 5.26 Å². The first-order chi connectivity index (χ1) is 7.97. The molecule has 17 heavy (non-hydrogen) atoms. The lowest BCUT2D eigenvalue weighted by Gasteiger charge is -2.33. The van der Waals surface area contributed by atoms with E-state index in [1.165, 1.54) is 12.1 Å². The summed E-state index contributed by atoms with van der Waals surface area (Å²) in [6.45, 7) is 1.66. The Hall–Kier alpha value is -1.41. The lowest BCUT2D eigenvalue weighted by Crippen LogP contribution is -2.19. The molecular formula is C12H10F3NS. The van der Waals surface area contributed by atoms with E-state index in [0.29, 0.717) is 5.56 Å². The Balaban J connectivity index is 2.76. The van der Waals surface area contributed by atoms with Crippen LogP contribution in [0.2, 0.25) is 0 Å². The van der Waals surface area contributed by atoms with Gasteiger partial charge in [-0.05, 0) is 39.1 Å². The monoisotopic (exact) mass is 257 g/mol. The molecule has 1 heterocycles. The van der Waals surface area contributed by atoms with Gasteiger partial charge in [0.2, 0.25) is 0 Å². The van der Waals surface area contributed by atoms with E-state index in [1.807, 2.05) is 0 Å². The molecule has 0 N–H and O–H groups in total. The van der Waals surface area contributed by atoms with Crippen molar-refractivity contribution in [2.75, 3.05) is 0 Å². The summed E-state index contributed by atoms with van der Waals surface area (Å²) in [5, 5.41) is 10.7. The summed E-state index contributed by atoms with van der Waals surface area (Å²) in [6.07, 6.45) is 1.76. The van der Waals surface area contributed by atoms with Gasteiger partial charge < -0.3 is 0 Å². The van der Waals surface area contributed by atoms with E-state index < -0.39 is 15.5 Å². The first-order valence-corrected chi connectivity index (χ1v) is 6.71. The van der Waals surface area contributed by atoms with Crippen molar-refractivity contribution in [3.8, 4) is 5.40 Å². The molecule has 1 aliphatic heterocycles. The Morgan fingerprint density at radius 3 is 2.47 bits per heavy atom. The molecule has 2 rings (SSSR count). The van der Waals surface area contributed by atoms with Gasteiger partial charge >= 0.3 is 5.51 Å².